The summed E-state index contributed by atoms with van der Waals surface area (Å²) in [6.07, 6.45) is 2.69. The first-order chi connectivity index (χ1) is 3.30. The topological polar surface area (TPSA) is 17.1 Å². The molecule has 1 nitrogen and oxygen atoms in total. The fourth-order valence-electron chi connectivity index (χ4n) is 0.779. The summed E-state index contributed by atoms with van der Waals surface area (Å²) in [6.45, 7) is 3.59. The highest BCUT2D eigenvalue weighted by molar-refractivity contribution is 5.96. The normalized spacial score (nSPS) is 21.1. The van der Waals surface area contributed by atoms with Crippen molar-refractivity contribution in [3.05, 3.63) is 12.2 Å². The van der Waals surface area contributed by atoms with Crippen LogP contribution in [0.4, 0.5) is 0 Å². The molecule has 0 saturated heterocycles. The minimum Gasteiger partial charge on any atom is -0.295 e. The summed E-state index contributed by atoms with van der Waals surface area (Å²) in [7, 11) is 0. The molecule has 1 aliphatic carbocycles. The lowest BCUT2D eigenvalue weighted by molar-refractivity contribution is -0.114. The number of hydrogen-bond donors (Lipinski definition) is 0. The smallest absolute Gasteiger partial charge is 0.158 e. The molecule has 0 spiro atoms. The molecule has 7 heavy (non-hydrogen) atoms. The molecule has 0 aliphatic heterocycles. The Labute approximate surface area is 43.0 Å². The molecule has 0 aromatic heterocycles. The van der Waals surface area contributed by atoms with E-state index >= 15 is 0 Å². The predicted molar refractivity (Wildman–Crippen MR) is 28.0 cm³/mol. The van der Waals surface area contributed by atoms with Crippen molar-refractivity contribution < 1.29 is 4.79 Å². The average molecular weight is 96.1 g/mol. The van der Waals surface area contributed by atoms with E-state index in [0.717, 1.165) is 24.8 Å². The monoisotopic (exact) mass is 96.1 g/mol. The van der Waals surface area contributed by atoms with Gasteiger partial charge in [-0.15, -0.1) is 0 Å². The highest BCUT2D eigenvalue weighted by Gasteiger charge is 2.13. The van der Waals surface area contributed by atoms with Gasteiger partial charge in [0, 0.05) is 6.42 Å². The molecule has 0 N–H and O–H groups in total. The van der Waals surface area contributed by atoms with Crippen molar-refractivity contribution >= 4 is 5.78 Å². The molecular weight excluding hydrogens is 88.1 g/mol. The molecule has 0 unspecified atom stereocenters. The van der Waals surface area contributed by atoms with Crippen LogP contribution in [-0.2, 0) is 4.79 Å². The van der Waals surface area contributed by atoms with Gasteiger partial charge in [-0.3, -0.25) is 4.79 Å². The van der Waals surface area contributed by atoms with Gasteiger partial charge in [0.25, 0.3) is 0 Å². The van der Waals surface area contributed by atoms with Gasteiger partial charge < -0.3 is 0 Å². The fraction of sp³-hybridized carbons (Fsp3) is 0.500. The lowest BCUT2D eigenvalue weighted by Gasteiger charge is -1.80. The minimum absolute atomic E-state index is 0.264. The summed E-state index contributed by atoms with van der Waals surface area (Å²) in [5, 5.41) is 0. The van der Waals surface area contributed by atoms with Crippen LogP contribution in [0.5, 0.6) is 0 Å². The Hall–Kier alpha value is -0.590. The summed E-state index contributed by atoms with van der Waals surface area (Å²) < 4.78 is 0. The van der Waals surface area contributed by atoms with Crippen LogP contribution in [0.2, 0.25) is 0 Å². The van der Waals surface area contributed by atoms with Gasteiger partial charge in [0.15, 0.2) is 5.78 Å². The van der Waals surface area contributed by atoms with E-state index in [9.17, 15) is 4.79 Å². The van der Waals surface area contributed by atoms with Gasteiger partial charge in [0.1, 0.15) is 0 Å². The van der Waals surface area contributed by atoms with Gasteiger partial charge in [0.05, 0.1) is 0 Å². The van der Waals surface area contributed by atoms with Crippen LogP contribution >= 0.6 is 0 Å². The van der Waals surface area contributed by atoms with Crippen LogP contribution in [-0.4, -0.2) is 5.78 Å². The van der Waals surface area contributed by atoms with E-state index in [2.05, 4.69) is 6.58 Å². The van der Waals surface area contributed by atoms with Gasteiger partial charge >= 0.3 is 0 Å². The van der Waals surface area contributed by atoms with Crippen molar-refractivity contribution in [1.82, 2.24) is 0 Å². The van der Waals surface area contributed by atoms with E-state index in [1.807, 2.05) is 0 Å². The number of rotatable bonds is 0. The quantitative estimate of drug-likeness (QED) is 0.415. The van der Waals surface area contributed by atoms with Gasteiger partial charge in [-0.05, 0) is 18.4 Å². The zero-order chi connectivity index (χ0) is 5.28. The number of hydrogen-bond acceptors (Lipinski definition) is 1. The number of allylic oxidation sites excluding steroid dienone is 1. The second kappa shape index (κ2) is 1.49. The highest BCUT2D eigenvalue weighted by atomic mass is 16.1. The summed E-state index contributed by atoms with van der Waals surface area (Å²) in [4.78, 5) is 10.5. The minimum atomic E-state index is 0.264. The van der Waals surface area contributed by atoms with Gasteiger partial charge in [-0.1, -0.05) is 6.58 Å². The van der Waals surface area contributed by atoms with Crippen LogP contribution in [0.25, 0.3) is 0 Å². The highest BCUT2D eigenvalue weighted by Crippen LogP contribution is 2.17. The van der Waals surface area contributed by atoms with E-state index < -0.39 is 0 Å². The average Bonchev–Trinajstić information content (AvgIpc) is 1.91. The third-order valence-electron chi connectivity index (χ3n) is 1.28. The van der Waals surface area contributed by atoms with Gasteiger partial charge in [0.2, 0.25) is 0 Å². The lowest BCUT2D eigenvalue weighted by atomic mass is 10.2. The summed E-state index contributed by atoms with van der Waals surface area (Å²) in [5.74, 6) is 0.264. The predicted octanol–water partition coefficient (Wildman–Crippen LogP) is 1.30. The fourth-order valence-corrected chi connectivity index (χ4v) is 0.779. The molecule has 0 aromatic carbocycles. The Kier molecular flexibility index (Phi) is 0.970. The molecular formula is C6H8O. The molecule has 0 bridgehead atoms. The molecule has 1 saturated carbocycles. The van der Waals surface area contributed by atoms with Crippen LogP contribution in [0.3, 0.4) is 0 Å². The first-order valence-electron chi connectivity index (χ1n) is 2.51. The molecule has 1 aliphatic rings. The van der Waals surface area contributed by atoms with E-state index in [4.69, 9.17) is 0 Å². The Morgan fingerprint density at radius 1 is 1.43 bits per heavy atom. The Morgan fingerprint density at radius 3 is 2.29 bits per heavy atom. The zero-order valence-corrected chi connectivity index (χ0v) is 4.24. The molecule has 0 atom stereocenters. The Balaban J connectivity index is 2.65. The Bertz CT molecular complexity index is 99.3. The largest absolute Gasteiger partial charge is 0.295 e. The summed E-state index contributed by atoms with van der Waals surface area (Å²) in [6, 6.07) is 0. The first-order valence-corrected chi connectivity index (χ1v) is 2.51. The van der Waals surface area contributed by atoms with Crippen molar-refractivity contribution in [1.29, 1.82) is 0 Å². The van der Waals surface area contributed by atoms with E-state index in [1.165, 1.54) is 0 Å². The van der Waals surface area contributed by atoms with Crippen LogP contribution < -0.4 is 0 Å². The van der Waals surface area contributed by atoms with Gasteiger partial charge in [-0.25, -0.2) is 0 Å². The third kappa shape index (κ3) is 0.710. The Morgan fingerprint density at radius 2 is 2.14 bits per heavy atom. The maximum atomic E-state index is 10.5. The van der Waals surface area contributed by atoms with Crippen molar-refractivity contribution in [3.63, 3.8) is 0 Å². The van der Waals surface area contributed by atoms with E-state index in [0.29, 0.717) is 0 Å². The standard InChI is InChI=1S/C6H8O/c1-5-3-2-4-6(5)7/h1-4H2. The van der Waals surface area contributed by atoms with Crippen molar-refractivity contribution in [2.24, 2.45) is 0 Å². The molecule has 1 heteroatoms. The van der Waals surface area contributed by atoms with Crippen molar-refractivity contribution in [2.75, 3.05) is 0 Å². The van der Waals surface area contributed by atoms with Crippen LogP contribution in [0.15, 0.2) is 12.2 Å². The number of Topliss-reactive ketones (excluding diaryl/α,β-unsaturated/α-hetero) is 1. The molecule has 0 heterocycles. The van der Waals surface area contributed by atoms with E-state index in [1.54, 1.807) is 0 Å². The number of carbonyl (C=O) groups is 1. The second-order valence-electron chi connectivity index (χ2n) is 1.88. The van der Waals surface area contributed by atoms with Crippen molar-refractivity contribution in [2.45, 2.75) is 19.3 Å². The van der Waals surface area contributed by atoms with Crippen molar-refractivity contribution in [3.8, 4) is 0 Å². The molecule has 0 aromatic rings. The molecule has 1 rings (SSSR count). The lowest BCUT2D eigenvalue weighted by Crippen LogP contribution is -1.86. The van der Waals surface area contributed by atoms with Crippen LogP contribution in [0, 0.1) is 0 Å². The summed E-state index contributed by atoms with van der Waals surface area (Å²) >= 11 is 0. The van der Waals surface area contributed by atoms with Gasteiger partial charge in [-0.2, -0.15) is 0 Å². The SMILES string of the molecule is C=C1CCCC1=O. The maximum absolute atomic E-state index is 10.5. The number of carbonyl (C=O) groups excluding carboxylic acids is 1. The third-order valence-corrected chi connectivity index (χ3v) is 1.28. The summed E-state index contributed by atoms with van der Waals surface area (Å²) in [5.41, 5.74) is 0.819. The molecule has 38 valence electrons. The first kappa shape index (κ1) is 4.57. The molecule has 1 fully saturated rings. The van der Waals surface area contributed by atoms with E-state index in [-0.39, 0.29) is 5.78 Å². The maximum Gasteiger partial charge on any atom is 0.158 e. The second-order valence-corrected chi connectivity index (χ2v) is 1.88. The zero-order valence-electron chi connectivity index (χ0n) is 4.24. The molecule has 0 radical (unpaired) electrons. The van der Waals surface area contributed by atoms with Crippen LogP contribution in [0.1, 0.15) is 19.3 Å². The molecule has 0 amide bonds. The number of ketones is 1.